The number of aryl methyl sites for hydroxylation is 1. The van der Waals surface area contributed by atoms with Gasteiger partial charge in [0.1, 0.15) is 10.4 Å². The molecule has 2 aromatic heterocycles. The Hall–Kier alpha value is 0.420. The van der Waals surface area contributed by atoms with Crippen LogP contribution < -0.4 is 0 Å². The molecule has 1 N–H and O–H groups in total. The summed E-state index contributed by atoms with van der Waals surface area (Å²) >= 11 is 18.2. The Kier molecular flexibility index (Phi) is 3.99. The standard InChI is InChI=1S/C10H7BrCl2OS2/c1-4-3-15-9(7(4)12)8(14)6-2-5(11)10(13)16-6/h2-3,8,14H,1H3. The molecule has 0 fully saturated rings. The van der Waals surface area contributed by atoms with Crippen LogP contribution in [0.2, 0.25) is 9.36 Å². The van der Waals surface area contributed by atoms with E-state index in [9.17, 15) is 5.11 Å². The van der Waals surface area contributed by atoms with Gasteiger partial charge in [0, 0.05) is 9.35 Å². The molecule has 0 aromatic carbocycles. The minimum absolute atomic E-state index is 0.637. The first kappa shape index (κ1) is 12.9. The molecule has 0 amide bonds. The highest BCUT2D eigenvalue weighted by molar-refractivity contribution is 9.10. The summed E-state index contributed by atoms with van der Waals surface area (Å²) in [6, 6.07) is 1.82. The van der Waals surface area contributed by atoms with Crippen molar-refractivity contribution in [2.24, 2.45) is 0 Å². The zero-order chi connectivity index (χ0) is 11.9. The van der Waals surface area contributed by atoms with E-state index in [1.807, 2.05) is 18.4 Å². The van der Waals surface area contributed by atoms with Gasteiger partial charge in [-0.3, -0.25) is 0 Å². The minimum atomic E-state index is -0.694. The Morgan fingerprint density at radius 2 is 2.12 bits per heavy atom. The fraction of sp³-hybridized carbons (Fsp3) is 0.200. The summed E-state index contributed by atoms with van der Waals surface area (Å²) in [5, 5.41) is 12.8. The molecule has 1 unspecified atom stereocenters. The molecular weight excluding hydrogens is 351 g/mol. The van der Waals surface area contributed by atoms with E-state index in [0.29, 0.717) is 9.36 Å². The van der Waals surface area contributed by atoms with Gasteiger partial charge in [0.2, 0.25) is 0 Å². The van der Waals surface area contributed by atoms with Crippen LogP contribution in [0.5, 0.6) is 0 Å². The number of aliphatic hydroxyl groups is 1. The Labute approximate surface area is 120 Å². The van der Waals surface area contributed by atoms with Crippen molar-refractivity contribution in [3.8, 4) is 0 Å². The number of halogens is 3. The van der Waals surface area contributed by atoms with Crippen LogP contribution in [0.25, 0.3) is 0 Å². The number of thiophene rings is 2. The van der Waals surface area contributed by atoms with Crippen LogP contribution in [0.1, 0.15) is 21.4 Å². The maximum absolute atomic E-state index is 10.2. The molecule has 6 heteroatoms. The quantitative estimate of drug-likeness (QED) is 0.776. The largest absolute Gasteiger partial charge is 0.382 e. The van der Waals surface area contributed by atoms with Gasteiger partial charge in [-0.2, -0.15) is 0 Å². The maximum Gasteiger partial charge on any atom is 0.124 e. The Morgan fingerprint density at radius 1 is 1.44 bits per heavy atom. The summed E-state index contributed by atoms with van der Waals surface area (Å²) in [5.74, 6) is 0. The van der Waals surface area contributed by atoms with Crippen LogP contribution >= 0.6 is 61.8 Å². The van der Waals surface area contributed by atoms with E-state index in [2.05, 4.69) is 15.9 Å². The molecule has 0 spiro atoms. The Bertz CT molecular complexity index is 501. The second-order valence-corrected chi connectivity index (χ2v) is 7.10. The summed E-state index contributed by atoms with van der Waals surface area (Å²) in [5.41, 5.74) is 0.988. The van der Waals surface area contributed by atoms with Crippen LogP contribution in [0, 0.1) is 6.92 Å². The number of hydrogen-bond donors (Lipinski definition) is 1. The minimum Gasteiger partial charge on any atom is -0.382 e. The first-order valence-electron chi connectivity index (χ1n) is 4.37. The van der Waals surface area contributed by atoms with E-state index in [0.717, 1.165) is 19.8 Å². The lowest BCUT2D eigenvalue weighted by atomic mass is 10.2. The van der Waals surface area contributed by atoms with E-state index in [1.54, 1.807) is 0 Å². The fourth-order valence-electron chi connectivity index (χ4n) is 1.26. The van der Waals surface area contributed by atoms with E-state index in [-0.39, 0.29) is 0 Å². The highest BCUT2D eigenvalue weighted by Gasteiger charge is 2.20. The molecule has 0 aliphatic carbocycles. The average molecular weight is 358 g/mol. The molecule has 86 valence electrons. The molecule has 2 heterocycles. The summed E-state index contributed by atoms with van der Waals surface area (Å²) in [6.07, 6.45) is -0.694. The van der Waals surface area contributed by atoms with Crippen molar-refractivity contribution in [3.05, 3.63) is 40.6 Å². The molecule has 2 rings (SSSR count). The molecule has 1 nitrogen and oxygen atoms in total. The second kappa shape index (κ2) is 4.96. The third-order valence-electron chi connectivity index (χ3n) is 2.11. The molecule has 1 atom stereocenters. The van der Waals surface area contributed by atoms with Crippen molar-refractivity contribution in [3.63, 3.8) is 0 Å². The molecule has 2 aromatic rings. The number of aliphatic hydroxyl groups excluding tert-OH is 1. The van der Waals surface area contributed by atoms with Crippen molar-refractivity contribution in [1.29, 1.82) is 0 Å². The average Bonchev–Trinajstić information content (AvgIpc) is 2.73. The summed E-state index contributed by atoms with van der Waals surface area (Å²) in [4.78, 5) is 1.56. The first-order valence-corrected chi connectivity index (χ1v) is 7.61. The van der Waals surface area contributed by atoms with Crippen molar-refractivity contribution < 1.29 is 5.11 Å². The second-order valence-electron chi connectivity index (χ2n) is 3.27. The van der Waals surface area contributed by atoms with Crippen LogP contribution in [0.4, 0.5) is 0 Å². The number of hydrogen-bond acceptors (Lipinski definition) is 3. The summed E-state index contributed by atoms with van der Waals surface area (Å²) in [7, 11) is 0. The monoisotopic (exact) mass is 356 g/mol. The van der Waals surface area contributed by atoms with Crippen molar-refractivity contribution in [2.45, 2.75) is 13.0 Å². The molecule has 0 bridgehead atoms. The Morgan fingerprint density at radius 3 is 2.56 bits per heavy atom. The van der Waals surface area contributed by atoms with Gasteiger partial charge < -0.3 is 5.11 Å². The highest BCUT2D eigenvalue weighted by Crippen LogP contribution is 2.41. The van der Waals surface area contributed by atoms with E-state index >= 15 is 0 Å². The third-order valence-corrected chi connectivity index (χ3v) is 6.40. The van der Waals surface area contributed by atoms with Gasteiger partial charge in [-0.15, -0.1) is 22.7 Å². The summed E-state index contributed by atoms with van der Waals surface area (Å²) in [6.45, 7) is 1.92. The molecule has 0 saturated heterocycles. The lowest BCUT2D eigenvalue weighted by Crippen LogP contribution is -1.94. The van der Waals surface area contributed by atoms with Crippen molar-refractivity contribution in [1.82, 2.24) is 0 Å². The fourth-order valence-corrected chi connectivity index (χ4v) is 4.37. The summed E-state index contributed by atoms with van der Waals surface area (Å²) < 4.78 is 1.44. The van der Waals surface area contributed by atoms with Gasteiger partial charge in [0.15, 0.2) is 0 Å². The smallest absolute Gasteiger partial charge is 0.124 e. The van der Waals surface area contributed by atoms with Gasteiger partial charge in [-0.1, -0.05) is 23.2 Å². The van der Waals surface area contributed by atoms with Crippen LogP contribution in [-0.4, -0.2) is 5.11 Å². The van der Waals surface area contributed by atoms with E-state index < -0.39 is 6.10 Å². The SMILES string of the molecule is Cc1csc(C(O)c2cc(Br)c(Cl)s2)c1Cl. The molecule has 16 heavy (non-hydrogen) atoms. The van der Waals surface area contributed by atoms with Crippen molar-refractivity contribution in [2.75, 3.05) is 0 Å². The van der Waals surface area contributed by atoms with E-state index in [4.69, 9.17) is 23.2 Å². The molecule has 0 aliphatic heterocycles. The normalized spacial score (nSPS) is 13.1. The number of rotatable bonds is 2. The Balaban J connectivity index is 2.38. The molecule has 0 aliphatic rings. The van der Waals surface area contributed by atoms with Crippen LogP contribution in [-0.2, 0) is 0 Å². The molecule has 0 radical (unpaired) electrons. The lowest BCUT2D eigenvalue weighted by molar-refractivity contribution is 0.228. The van der Waals surface area contributed by atoms with Gasteiger partial charge in [-0.05, 0) is 39.9 Å². The van der Waals surface area contributed by atoms with Gasteiger partial charge in [0.05, 0.1) is 9.90 Å². The molecule has 0 saturated carbocycles. The zero-order valence-corrected chi connectivity index (χ0v) is 12.9. The topological polar surface area (TPSA) is 20.2 Å². The first-order chi connectivity index (χ1) is 7.50. The van der Waals surface area contributed by atoms with Crippen LogP contribution in [0.15, 0.2) is 15.9 Å². The predicted octanol–water partition coefficient (Wildman–Crippen LogP) is 5.27. The third kappa shape index (κ3) is 2.33. The predicted molar refractivity (Wildman–Crippen MR) is 75.2 cm³/mol. The van der Waals surface area contributed by atoms with Crippen molar-refractivity contribution >= 4 is 61.8 Å². The zero-order valence-electron chi connectivity index (χ0n) is 8.13. The van der Waals surface area contributed by atoms with Gasteiger partial charge in [-0.25, -0.2) is 0 Å². The van der Waals surface area contributed by atoms with E-state index in [1.165, 1.54) is 22.7 Å². The molecular formula is C10H7BrCl2OS2. The van der Waals surface area contributed by atoms with Crippen LogP contribution in [0.3, 0.4) is 0 Å². The highest BCUT2D eigenvalue weighted by atomic mass is 79.9. The van der Waals surface area contributed by atoms with Gasteiger partial charge >= 0.3 is 0 Å². The lowest BCUT2D eigenvalue weighted by Gasteiger charge is -2.06. The maximum atomic E-state index is 10.2. The van der Waals surface area contributed by atoms with Gasteiger partial charge in [0.25, 0.3) is 0 Å².